The fourth-order valence-corrected chi connectivity index (χ4v) is 2.03. The Labute approximate surface area is 101 Å². The third-order valence-electron chi connectivity index (χ3n) is 1.97. The van der Waals surface area contributed by atoms with Crippen molar-refractivity contribution in [2.24, 2.45) is 0 Å². The minimum absolute atomic E-state index is 0.178. The van der Waals surface area contributed by atoms with Crippen LogP contribution in [0.3, 0.4) is 0 Å². The minimum Gasteiger partial charge on any atom is -0.383 e. The van der Waals surface area contributed by atoms with Gasteiger partial charge in [-0.1, -0.05) is 0 Å². The Morgan fingerprint density at radius 3 is 2.71 bits per heavy atom. The number of nitrogens with two attached hydrogens (primary N) is 1. The number of hydrogen-bond donors (Lipinski definition) is 1. The Morgan fingerprint density at radius 1 is 1.53 bits per heavy atom. The van der Waals surface area contributed by atoms with Crippen molar-refractivity contribution in [1.29, 1.82) is 0 Å². The normalized spacial score (nSPS) is 12.3. The maximum atomic E-state index is 12.3. The molecule has 0 aromatic carbocycles. The molecule has 0 unspecified atom stereocenters. The van der Waals surface area contributed by atoms with E-state index in [2.05, 4.69) is 4.98 Å². The Hall–Kier alpha value is -0.860. The zero-order valence-electron chi connectivity index (χ0n) is 9.33. The van der Waals surface area contributed by atoms with Crippen molar-refractivity contribution in [3.8, 4) is 0 Å². The molecule has 0 saturated carbocycles. The quantitative estimate of drug-likeness (QED) is 0.854. The van der Waals surface area contributed by atoms with Crippen molar-refractivity contribution >= 4 is 16.5 Å². The third kappa shape index (κ3) is 5.85. The highest BCUT2D eigenvalue weighted by atomic mass is 32.1. The van der Waals surface area contributed by atoms with Gasteiger partial charge in [-0.05, 0) is 0 Å². The van der Waals surface area contributed by atoms with Crippen LogP contribution in [0.25, 0.3) is 0 Å². The van der Waals surface area contributed by atoms with Crippen LogP contribution >= 0.6 is 11.3 Å². The molecule has 0 amide bonds. The number of alkyl halides is 3. The summed E-state index contributed by atoms with van der Waals surface area (Å²) in [5.74, 6) is 0. The molecule has 0 radical (unpaired) electrons. The number of nitrogens with zero attached hydrogens (tertiary/aromatic N) is 2. The second-order valence-electron chi connectivity index (χ2n) is 3.48. The number of ether oxygens (including phenoxy) is 1. The number of hydrogen-bond acceptors (Lipinski definition) is 5. The summed E-state index contributed by atoms with van der Waals surface area (Å²) in [7, 11) is 1.45. The molecule has 8 heteroatoms. The largest absolute Gasteiger partial charge is 0.401 e. The Bertz CT molecular complexity index is 342. The standard InChI is InChI=1S/C9H14F3N3OS/c1-16-3-2-15(6-9(10,11)12)5-7-4-14-8(13)17-7/h4H,2-3,5-6H2,1H3,(H2,13,14). The zero-order valence-corrected chi connectivity index (χ0v) is 10.1. The molecule has 1 heterocycles. The van der Waals surface area contributed by atoms with E-state index in [0.717, 1.165) is 0 Å². The fraction of sp³-hybridized carbons (Fsp3) is 0.667. The lowest BCUT2D eigenvalue weighted by atomic mass is 10.4. The lowest BCUT2D eigenvalue weighted by Crippen LogP contribution is -2.35. The summed E-state index contributed by atoms with van der Waals surface area (Å²) in [6.45, 7) is -0.315. The van der Waals surface area contributed by atoms with Crippen LogP contribution < -0.4 is 5.73 Å². The van der Waals surface area contributed by atoms with E-state index in [4.69, 9.17) is 10.5 Å². The van der Waals surface area contributed by atoms with Crippen LogP contribution in [-0.4, -0.2) is 42.9 Å². The summed E-state index contributed by atoms with van der Waals surface area (Å²) in [6, 6.07) is 0. The highest BCUT2D eigenvalue weighted by Crippen LogP contribution is 2.21. The molecule has 0 fully saturated rings. The van der Waals surface area contributed by atoms with Crippen molar-refractivity contribution < 1.29 is 17.9 Å². The molecular weight excluding hydrogens is 255 g/mol. The maximum Gasteiger partial charge on any atom is 0.401 e. The average Bonchev–Trinajstić information content (AvgIpc) is 2.58. The monoisotopic (exact) mass is 269 g/mol. The van der Waals surface area contributed by atoms with Gasteiger partial charge in [0.1, 0.15) is 0 Å². The molecule has 1 aromatic rings. The van der Waals surface area contributed by atoms with E-state index in [1.54, 1.807) is 0 Å². The first-order chi connectivity index (χ1) is 7.90. The van der Waals surface area contributed by atoms with Crippen LogP contribution in [0.2, 0.25) is 0 Å². The SMILES string of the molecule is COCCN(Cc1cnc(N)s1)CC(F)(F)F. The van der Waals surface area contributed by atoms with E-state index in [9.17, 15) is 13.2 Å². The van der Waals surface area contributed by atoms with Gasteiger partial charge in [0.25, 0.3) is 0 Å². The summed E-state index contributed by atoms with van der Waals surface area (Å²) in [5.41, 5.74) is 5.42. The molecular formula is C9H14F3N3OS. The topological polar surface area (TPSA) is 51.4 Å². The predicted octanol–water partition coefficient (Wildman–Crippen LogP) is 1.74. The number of anilines is 1. The highest BCUT2D eigenvalue weighted by molar-refractivity contribution is 7.15. The van der Waals surface area contributed by atoms with Crippen LogP contribution in [0.4, 0.5) is 18.3 Å². The summed E-state index contributed by atoms with van der Waals surface area (Å²) in [4.78, 5) is 5.77. The minimum atomic E-state index is -4.22. The second-order valence-corrected chi connectivity index (χ2v) is 4.63. The third-order valence-corrected chi connectivity index (χ3v) is 2.78. The molecule has 4 nitrogen and oxygen atoms in total. The van der Waals surface area contributed by atoms with Crippen molar-refractivity contribution in [3.63, 3.8) is 0 Å². The molecule has 0 aliphatic carbocycles. The number of thiazole rings is 1. The average molecular weight is 269 g/mol. The zero-order chi connectivity index (χ0) is 12.9. The first kappa shape index (κ1) is 14.2. The Kier molecular flexibility index (Phi) is 5.16. The summed E-state index contributed by atoms with van der Waals surface area (Å²) in [5, 5.41) is 0.360. The number of methoxy groups -OCH3 is 1. The molecule has 1 rings (SSSR count). The lowest BCUT2D eigenvalue weighted by Gasteiger charge is -2.22. The molecule has 0 bridgehead atoms. The molecule has 1 aromatic heterocycles. The first-order valence-electron chi connectivity index (χ1n) is 4.89. The van der Waals surface area contributed by atoms with E-state index in [-0.39, 0.29) is 19.7 Å². The van der Waals surface area contributed by atoms with Gasteiger partial charge in [-0.25, -0.2) is 4.98 Å². The summed E-state index contributed by atoms with van der Waals surface area (Å²) < 4.78 is 41.7. The van der Waals surface area contributed by atoms with Gasteiger partial charge in [0.05, 0.1) is 13.2 Å². The van der Waals surface area contributed by atoms with Crippen molar-refractivity contribution in [2.45, 2.75) is 12.7 Å². The molecule has 0 spiro atoms. The molecule has 0 aliphatic rings. The maximum absolute atomic E-state index is 12.3. The highest BCUT2D eigenvalue weighted by Gasteiger charge is 2.30. The van der Waals surface area contributed by atoms with Gasteiger partial charge >= 0.3 is 6.18 Å². The second kappa shape index (κ2) is 6.18. The van der Waals surface area contributed by atoms with Crippen LogP contribution in [0, 0.1) is 0 Å². The van der Waals surface area contributed by atoms with Crippen molar-refractivity contribution in [1.82, 2.24) is 9.88 Å². The van der Waals surface area contributed by atoms with Gasteiger partial charge in [0.2, 0.25) is 0 Å². The Morgan fingerprint density at radius 2 is 2.24 bits per heavy atom. The molecule has 0 atom stereocenters. The number of aromatic nitrogens is 1. The van der Waals surface area contributed by atoms with Crippen molar-refractivity contribution in [3.05, 3.63) is 11.1 Å². The van der Waals surface area contributed by atoms with Gasteiger partial charge in [-0.2, -0.15) is 13.2 Å². The molecule has 98 valence electrons. The molecule has 0 saturated heterocycles. The van der Waals surface area contributed by atoms with E-state index < -0.39 is 12.7 Å². The van der Waals surface area contributed by atoms with Gasteiger partial charge in [-0.15, -0.1) is 11.3 Å². The molecule has 0 aliphatic heterocycles. The van der Waals surface area contributed by atoms with Crippen LogP contribution in [0.5, 0.6) is 0 Å². The van der Waals surface area contributed by atoms with E-state index >= 15 is 0 Å². The smallest absolute Gasteiger partial charge is 0.383 e. The lowest BCUT2D eigenvalue weighted by molar-refractivity contribution is -0.148. The number of rotatable bonds is 6. The van der Waals surface area contributed by atoms with Crippen LogP contribution in [0.15, 0.2) is 6.20 Å². The van der Waals surface area contributed by atoms with E-state index in [1.165, 1.54) is 29.5 Å². The van der Waals surface area contributed by atoms with Gasteiger partial charge in [-0.3, -0.25) is 4.90 Å². The van der Waals surface area contributed by atoms with Gasteiger partial charge < -0.3 is 10.5 Å². The predicted molar refractivity (Wildman–Crippen MR) is 59.7 cm³/mol. The van der Waals surface area contributed by atoms with E-state index in [1.807, 2.05) is 0 Å². The van der Waals surface area contributed by atoms with Crippen molar-refractivity contribution in [2.75, 3.05) is 32.5 Å². The molecule has 17 heavy (non-hydrogen) atoms. The summed E-state index contributed by atoms with van der Waals surface area (Å²) >= 11 is 1.19. The fourth-order valence-electron chi connectivity index (χ4n) is 1.30. The molecule has 2 N–H and O–H groups in total. The van der Waals surface area contributed by atoms with Crippen LogP contribution in [0.1, 0.15) is 4.88 Å². The summed E-state index contributed by atoms with van der Waals surface area (Å²) in [6.07, 6.45) is -2.72. The van der Waals surface area contributed by atoms with Crippen LogP contribution in [-0.2, 0) is 11.3 Å². The first-order valence-corrected chi connectivity index (χ1v) is 5.70. The Balaban J connectivity index is 2.56. The van der Waals surface area contributed by atoms with Gasteiger partial charge in [0.15, 0.2) is 5.13 Å². The van der Waals surface area contributed by atoms with E-state index in [0.29, 0.717) is 10.0 Å². The number of halogens is 3. The number of nitrogen functional groups attached to an aromatic ring is 1. The van der Waals surface area contributed by atoms with Gasteiger partial charge in [0, 0.05) is 31.3 Å².